The zero-order valence-corrected chi connectivity index (χ0v) is 10.5. The largest absolute Gasteiger partial charge is 0.352 e. The third-order valence-corrected chi connectivity index (χ3v) is 3.84. The van der Waals surface area contributed by atoms with Gasteiger partial charge < -0.3 is 5.32 Å². The predicted molar refractivity (Wildman–Crippen MR) is 63.5 cm³/mol. The van der Waals surface area contributed by atoms with Gasteiger partial charge in [-0.1, -0.05) is 27.2 Å². The van der Waals surface area contributed by atoms with Crippen molar-refractivity contribution in [1.29, 1.82) is 5.26 Å². The van der Waals surface area contributed by atoms with E-state index in [1.807, 2.05) is 6.92 Å². The van der Waals surface area contributed by atoms with Gasteiger partial charge >= 0.3 is 0 Å². The molecule has 4 unspecified atom stereocenters. The highest BCUT2D eigenvalue weighted by Gasteiger charge is 2.32. The first-order valence-electron chi connectivity index (χ1n) is 6.30. The first kappa shape index (κ1) is 13.0. The van der Waals surface area contributed by atoms with Crippen molar-refractivity contribution in [3.8, 4) is 6.07 Å². The predicted octanol–water partition coefficient (Wildman–Crippen LogP) is 2.48. The minimum atomic E-state index is -0.465. The second-order valence-electron chi connectivity index (χ2n) is 5.00. The minimum Gasteiger partial charge on any atom is -0.352 e. The number of nitrogens with one attached hydrogen (secondary N) is 1. The smallest absolute Gasteiger partial charge is 0.237 e. The molecular weight excluding hydrogens is 200 g/mol. The number of carbonyl (C=O) groups is 1. The summed E-state index contributed by atoms with van der Waals surface area (Å²) in [5, 5.41) is 11.9. The fourth-order valence-electron chi connectivity index (χ4n) is 2.39. The maximum atomic E-state index is 11.8. The van der Waals surface area contributed by atoms with Crippen LogP contribution >= 0.6 is 0 Å². The third-order valence-electron chi connectivity index (χ3n) is 3.84. The fraction of sp³-hybridized carbons (Fsp3) is 0.846. The van der Waals surface area contributed by atoms with Gasteiger partial charge in [-0.3, -0.25) is 4.79 Å². The second kappa shape index (κ2) is 5.89. The van der Waals surface area contributed by atoms with Crippen LogP contribution in [0.3, 0.4) is 0 Å². The molecule has 1 N–H and O–H groups in total. The van der Waals surface area contributed by atoms with E-state index < -0.39 is 5.92 Å². The molecule has 16 heavy (non-hydrogen) atoms. The summed E-state index contributed by atoms with van der Waals surface area (Å²) in [5.41, 5.74) is 0. The second-order valence-corrected chi connectivity index (χ2v) is 5.00. The van der Waals surface area contributed by atoms with Crippen molar-refractivity contribution in [1.82, 2.24) is 5.32 Å². The lowest BCUT2D eigenvalue weighted by Gasteiger charge is -2.21. The zero-order chi connectivity index (χ0) is 12.1. The molecule has 1 amide bonds. The first-order chi connectivity index (χ1) is 7.60. The quantitative estimate of drug-likeness (QED) is 0.794. The Kier molecular flexibility index (Phi) is 4.79. The molecule has 1 aliphatic carbocycles. The van der Waals surface area contributed by atoms with Crippen LogP contribution in [0.1, 0.15) is 46.5 Å². The monoisotopic (exact) mass is 222 g/mol. The Hall–Kier alpha value is -1.04. The summed E-state index contributed by atoms with van der Waals surface area (Å²) >= 11 is 0. The van der Waals surface area contributed by atoms with Crippen LogP contribution in [0.25, 0.3) is 0 Å². The number of nitrogens with zero attached hydrogens (tertiary/aromatic N) is 1. The summed E-state index contributed by atoms with van der Waals surface area (Å²) < 4.78 is 0. The molecule has 0 heterocycles. The maximum Gasteiger partial charge on any atom is 0.237 e. The van der Waals surface area contributed by atoms with Gasteiger partial charge in [-0.15, -0.1) is 0 Å². The highest BCUT2D eigenvalue weighted by molar-refractivity contribution is 5.81. The van der Waals surface area contributed by atoms with Gasteiger partial charge in [-0.05, 0) is 31.1 Å². The van der Waals surface area contributed by atoms with Crippen LogP contribution in [0.15, 0.2) is 0 Å². The van der Waals surface area contributed by atoms with Crippen molar-refractivity contribution in [3.05, 3.63) is 0 Å². The van der Waals surface area contributed by atoms with Crippen molar-refractivity contribution in [2.24, 2.45) is 17.8 Å². The Labute approximate surface area is 98.2 Å². The van der Waals surface area contributed by atoms with Gasteiger partial charge in [0, 0.05) is 6.04 Å². The minimum absolute atomic E-state index is 0.0738. The molecule has 90 valence electrons. The van der Waals surface area contributed by atoms with Crippen molar-refractivity contribution >= 4 is 5.91 Å². The van der Waals surface area contributed by atoms with Gasteiger partial charge in [0.15, 0.2) is 0 Å². The van der Waals surface area contributed by atoms with Crippen molar-refractivity contribution in [3.63, 3.8) is 0 Å². The summed E-state index contributed by atoms with van der Waals surface area (Å²) in [7, 11) is 0. The lowest BCUT2D eigenvalue weighted by Crippen LogP contribution is -2.40. The molecule has 0 aromatic carbocycles. The molecule has 1 fully saturated rings. The van der Waals surface area contributed by atoms with Crippen LogP contribution in [-0.2, 0) is 4.79 Å². The van der Waals surface area contributed by atoms with E-state index in [9.17, 15) is 4.79 Å². The van der Waals surface area contributed by atoms with E-state index in [-0.39, 0.29) is 11.9 Å². The number of rotatable bonds is 4. The van der Waals surface area contributed by atoms with Gasteiger partial charge in [0.05, 0.1) is 6.07 Å². The topological polar surface area (TPSA) is 52.9 Å². The number of nitriles is 1. The SMILES string of the molecule is CCCC(C#N)C(=O)NC1CCC(C)C1C. The van der Waals surface area contributed by atoms with Gasteiger partial charge in [-0.25, -0.2) is 0 Å². The van der Waals surface area contributed by atoms with Gasteiger partial charge in [0.25, 0.3) is 0 Å². The molecule has 1 saturated carbocycles. The van der Waals surface area contributed by atoms with Gasteiger partial charge in [-0.2, -0.15) is 5.26 Å². The van der Waals surface area contributed by atoms with E-state index in [1.165, 1.54) is 6.42 Å². The summed E-state index contributed by atoms with van der Waals surface area (Å²) in [6.45, 7) is 6.41. The van der Waals surface area contributed by atoms with E-state index in [0.717, 1.165) is 12.8 Å². The maximum absolute atomic E-state index is 11.8. The molecule has 4 atom stereocenters. The van der Waals surface area contributed by atoms with Crippen LogP contribution in [0.4, 0.5) is 0 Å². The number of carbonyl (C=O) groups excluding carboxylic acids is 1. The molecule has 0 aromatic heterocycles. The van der Waals surface area contributed by atoms with Crippen molar-refractivity contribution in [2.45, 2.75) is 52.5 Å². The van der Waals surface area contributed by atoms with E-state index in [1.54, 1.807) is 0 Å². The lowest BCUT2D eigenvalue weighted by atomic mass is 9.97. The molecule has 3 nitrogen and oxygen atoms in total. The summed E-state index contributed by atoms with van der Waals surface area (Å²) in [6.07, 6.45) is 3.77. The van der Waals surface area contributed by atoms with E-state index in [2.05, 4.69) is 25.2 Å². The molecule has 0 bridgehead atoms. The molecule has 0 radical (unpaired) electrons. The molecule has 1 aliphatic rings. The third kappa shape index (κ3) is 2.98. The van der Waals surface area contributed by atoms with E-state index in [0.29, 0.717) is 18.3 Å². The fourth-order valence-corrected chi connectivity index (χ4v) is 2.39. The zero-order valence-electron chi connectivity index (χ0n) is 10.5. The Morgan fingerprint density at radius 2 is 2.19 bits per heavy atom. The Balaban J connectivity index is 2.48. The molecule has 1 rings (SSSR count). The van der Waals surface area contributed by atoms with Crippen LogP contribution in [0.5, 0.6) is 0 Å². The van der Waals surface area contributed by atoms with Crippen LogP contribution in [0, 0.1) is 29.1 Å². The average Bonchev–Trinajstić information content (AvgIpc) is 2.57. The van der Waals surface area contributed by atoms with E-state index in [4.69, 9.17) is 5.26 Å². The Morgan fingerprint density at radius 1 is 1.50 bits per heavy atom. The molecule has 0 saturated heterocycles. The normalized spacial score (nSPS) is 30.8. The molecule has 0 aromatic rings. The van der Waals surface area contributed by atoms with Crippen LogP contribution in [-0.4, -0.2) is 11.9 Å². The number of hydrogen-bond acceptors (Lipinski definition) is 2. The van der Waals surface area contributed by atoms with Crippen LogP contribution in [0.2, 0.25) is 0 Å². The number of amides is 1. The molecule has 0 aliphatic heterocycles. The highest BCUT2D eigenvalue weighted by Crippen LogP contribution is 2.31. The highest BCUT2D eigenvalue weighted by atomic mass is 16.1. The number of hydrogen-bond donors (Lipinski definition) is 1. The molecular formula is C13H22N2O. The van der Waals surface area contributed by atoms with Crippen LogP contribution < -0.4 is 5.32 Å². The van der Waals surface area contributed by atoms with Crippen molar-refractivity contribution < 1.29 is 4.79 Å². The molecule has 3 heteroatoms. The first-order valence-corrected chi connectivity index (χ1v) is 6.30. The van der Waals surface area contributed by atoms with Gasteiger partial charge in [0.2, 0.25) is 5.91 Å². The van der Waals surface area contributed by atoms with E-state index >= 15 is 0 Å². The standard InChI is InChI=1S/C13H22N2O/c1-4-5-11(8-14)13(16)15-12-7-6-9(2)10(12)3/h9-12H,4-7H2,1-3H3,(H,15,16). The lowest BCUT2D eigenvalue weighted by molar-refractivity contribution is -0.124. The Morgan fingerprint density at radius 3 is 2.62 bits per heavy atom. The average molecular weight is 222 g/mol. The summed E-state index contributed by atoms with van der Waals surface area (Å²) in [6, 6.07) is 2.36. The molecule has 0 spiro atoms. The van der Waals surface area contributed by atoms with Crippen molar-refractivity contribution in [2.75, 3.05) is 0 Å². The summed E-state index contributed by atoms with van der Waals surface area (Å²) in [5.74, 6) is 0.672. The summed E-state index contributed by atoms with van der Waals surface area (Å²) in [4.78, 5) is 11.8. The Bertz CT molecular complexity index is 282. The van der Waals surface area contributed by atoms with Gasteiger partial charge in [0.1, 0.15) is 5.92 Å².